The fourth-order valence-corrected chi connectivity index (χ4v) is 2.25. The van der Waals surface area contributed by atoms with Crippen LogP contribution in [0.3, 0.4) is 0 Å². The van der Waals surface area contributed by atoms with Crippen LogP contribution in [-0.2, 0) is 0 Å². The van der Waals surface area contributed by atoms with Gasteiger partial charge in [0.25, 0.3) is 0 Å². The zero-order valence-electron chi connectivity index (χ0n) is 11.5. The van der Waals surface area contributed by atoms with E-state index in [0.29, 0.717) is 11.5 Å². The van der Waals surface area contributed by atoms with E-state index in [9.17, 15) is 4.79 Å². The number of hydrogen-bond acceptors (Lipinski definition) is 4. The SMILES string of the molecule is COc1ccc(-c2c(C)nn3c(=O)[nH]c(C)nc23)cc1. The number of H-pyrrole nitrogens is 1. The molecule has 1 aromatic carbocycles. The molecule has 0 radical (unpaired) electrons. The molecular weight excluding hydrogens is 256 g/mol. The van der Waals surface area contributed by atoms with E-state index in [4.69, 9.17) is 4.74 Å². The van der Waals surface area contributed by atoms with Crippen molar-refractivity contribution in [2.45, 2.75) is 13.8 Å². The smallest absolute Gasteiger partial charge is 0.349 e. The first-order chi connectivity index (χ1) is 9.60. The molecule has 0 aliphatic heterocycles. The van der Waals surface area contributed by atoms with E-state index in [1.54, 1.807) is 14.0 Å². The standard InChI is InChI=1S/C14H14N4O2/c1-8-12(10-4-6-11(20-3)7-5-10)13-15-9(2)16-14(19)18(13)17-8/h4-7H,1-3H3,(H,15,16,19). The predicted molar refractivity (Wildman–Crippen MR) is 75.1 cm³/mol. The van der Waals surface area contributed by atoms with Crippen molar-refractivity contribution in [1.82, 2.24) is 19.6 Å². The number of nitrogens with one attached hydrogen (secondary N) is 1. The van der Waals surface area contributed by atoms with Gasteiger partial charge in [-0.1, -0.05) is 12.1 Å². The maximum absolute atomic E-state index is 11.9. The lowest BCUT2D eigenvalue weighted by Crippen LogP contribution is -2.19. The molecule has 0 saturated heterocycles. The number of aromatic nitrogens is 4. The van der Waals surface area contributed by atoms with E-state index in [0.717, 1.165) is 22.6 Å². The minimum atomic E-state index is -0.282. The number of aromatic amines is 1. The lowest BCUT2D eigenvalue weighted by atomic mass is 10.1. The molecule has 2 aromatic heterocycles. The van der Waals surface area contributed by atoms with Gasteiger partial charge in [-0.05, 0) is 31.5 Å². The second kappa shape index (κ2) is 4.48. The van der Waals surface area contributed by atoms with Crippen molar-refractivity contribution in [3.63, 3.8) is 0 Å². The Morgan fingerprint density at radius 1 is 1.20 bits per heavy atom. The van der Waals surface area contributed by atoms with E-state index in [1.807, 2.05) is 31.2 Å². The lowest BCUT2D eigenvalue weighted by Gasteiger charge is -2.03. The van der Waals surface area contributed by atoms with Crippen LogP contribution in [0.4, 0.5) is 0 Å². The zero-order chi connectivity index (χ0) is 14.3. The van der Waals surface area contributed by atoms with Gasteiger partial charge in [0.05, 0.1) is 12.8 Å². The summed E-state index contributed by atoms with van der Waals surface area (Å²) in [6.07, 6.45) is 0. The monoisotopic (exact) mass is 270 g/mol. The third-order valence-corrected chi connectivity index (χ3v) is 3.17. The highest BCUT2D eigenvalue weighted by Crippen LogP contribution is 2.27. The van der Waals surface area contributed by atoms with Gasteiger partial charge in [-0.2, -0.15) is 9.61 Å². The zero-order valence-corrected chi connectivity index (χ0v) is 11.5. The molecule has 0 amide bonds. The maximum Gasteiger partial charge on any atom is 0.349 e. The van der Waals surface area contributed by atoms with Crippen LogP contribution < -0.4 is 10.4 Å². The van der Waals surface area contributed by atoms with Gasteiger partial charge in [0, 0.05) is 5.56 Å². The van der Waals surface area contributed by atoms with Gasteiger partial charge < -0.3 is 4.74 Å². The van der Waals surface area contributed by atoms with E-state index in [2.05, 4.69) is 15.1 Å². The summed E-state index contributed by atoms with van der Waals surface area (Å²) in [5, 5.41) is 4.25. The second-order valence-corrected chi connectivity index (χ2v) is 4.55. The summed E-state index contributed by atoms with van der Waals surface area (Å²) in [6, 6.07) is 7.61. The average Bonchev–Trinajstić information content (AvgIpc) is 2.76. The van der Waals surface area contributed by atoms with Gasteiger partial charge in [-0.25, -0.2) is 9.78 Å². The number of benzene rings is 1. The largest absolute Gasteiger partial charge is 0.497 e. The van der Waals surface area contributed by atoms with Crippen molar-refractivity contribution in [3.8, 4) is 16.9 Å². The van der Waals surface area contributed by atoms with Crippen LogP contribution in [0.2, 0.25) is 0 Å². The first kappa shape index (κ1) is 12.4. The van der Waals surface area contributed by atoms with Crippen molar-refractivity contribution in [2.75, 3.05) is 7.11 Å². The van der Waals surface area contributed by atoms with Crippen molar-refractivity contribution in [2.24, 2.45) is 0 Å². The molecule has 0 fully saturated rings. The number of fused-ring (bicyclic) bond motifs is 1. The molecule has 0 aliphatic rings. The molecule has 0 saturated carbocycles. The molecule has 0 bridgehead atoms. The van der Waals surface area contributed by atoms with Gasteiger partial charge in [0.2, 0.25) is 0 Å². The van der Waals surface area contributed by atoms with Crippen molar-refractivity contribution >= 4 is 5.65 Å². The predicted octanol–water partition coefficient (Wildman–Crippen LogP) is 1.71. The highest BCUT2D eigenvalue weighted by atomic mass is 16.5. The van der Waals surface area contributed by atoms with Crippen LogP contribution in [-0.4, -0.2) is 26.7 Å². The Labute approximate surface area is 115 Å². The molecule has 0 spiro atoms. The number of hydrogen-bond donors (Lipinski definition) is 1. The van der Waals surface area contributed by atoms with Crippen molar-refractivity contribution in [3.05, 3.63) is 46.3 Å². The second-order valence-electron chi connectivity index (χ2n) is 4.55. The van der Waals surface area contributed by atoms with E-state index < -0.39 is 0 Å². The Hall–Kier alpha value is -2.63. The normalized spacial score (nSPS) is 10.9. The van der Waals surface area contributed by atoms with Crippen molar-refractivity contribution in [1.29, 1.82) is 0 Å². The number of aryl methyl sites for hydroxylation is 2. The van der Waals surface area contributed by atoms with E-state index >= 15 is 0 Å². The fourth-order valence-electron chi connectivity index (χ4n) is 2.25. The molecule has 20 heavy (non-hydrogen) atoms. The minimum Gasteiger partial charge on any atom is -0.497 e. The van der Waals surface area contributed by atoms with Crippen molar-refractivity contribution < 1.29 is 4.74 Å². The molecule has 3 rings (SSSR count). The third kappa shape index (κ3) is 1.85. The number of ether oxygens (including phenoxy) is 1. The first-order valence-corrected chi connectivity index (χ1v) is 6.21. The molecule has 2 heterocycles. The number of rotatable bonds is 2. The Morgan fingerprint density at radius 3 is 2.55 bits per heavy atom. The van der Waals surface area contributed by atoms with Gasteiger partial charge in [0.15, 0.2) is 5.65 Å². The minimum absolute atomic E-state index is 0.282. The Kier molecular flexibility index (Phi) is 2.78. The molecule has 6 heteroatoms. The molecule has 6 nitrogen and oxygen atoms in total. The van der Waals surface area contributed by atoms with Crippen LogP contribution in [0, 0.1) is 13.8 Å². The fraction of sp³-hybridized carbons (Fsp3) is 0.214. The number of methoxy groups -OCH3 is 1. The van der Waals surface area contributed by atoms with E-state index in [1.165, 1.54) is 4.52 Å². The molecule has 1 N–H and O–H groups in total. The summed E-state index contributed by atoms with van der Waals surface area (Å²) < 4.78 is 6.44. The van der Waals surface area contributed by atoms with Gasteiger partial charge >= 0.3 is 5.69 Å². The summed E-state index contributed by atoms with van der Waals surface area (Å²) >= 11 is 0. The summed E-state index contributed by atoms with van der Waals surface area (Å²) in [5.41, 5.74) is 2.86. The van der Waals surface area contributed by atoms with Crippen LogP contribution in [0.15, 0.2) is 29.1 Å². The molecule has 0 unspecified atom stereocenters. The highest BCUT2D eigenvalue weighted by molar-refractivity contribution is 5.79. The Bertz CT molecular complexity index is 831. The molecule has 3 aromatic rings. The lowest BCUT2D eigenvalue weighted by molar-refractivity contribution is 0.415. The summed E-state index contributed by atoms with van der Waals surface area (Å²) in [4.78, 5) is 18.9. The third-order valence-electron chi connectivity index (χ3n) is 3.17. The summed E-state index contributed by atoms with van der Waals surface area (Å²) in [6.45, 7) is 3.62. The molecule has 0 atom stereocenters. The van der Waals surface area contributed by atoms with Crippen LogP contribution in [0.1, 0.15) is 11.5 Å². The molecule has 102 valence electrons. The van der Waals surface area contributed by atoms with E-state index in [-0.39, 0.29) is 5.69 Å². The molecule has 0 aliphatic carbocycles. The first-order valence-electron chi connectivity index (χ1n) is 6.21. The van der Waals surface area contributed by atoms with Crippen LogP contribution >= 0.6 is 0 Å². The molecular formula is C14H14N4O2. The van der Waals surface area contributed by atoms with Gasteiger partial charge in [-0.3, -0.25) is 4.98 Å². The quantitative estimate of drug-likeness (QED) is 0.769. The maximum atomic E-state index is 11.9. The van der Waals surface area contributed by atoms with Crippen LogP contribution in [0.5, 0.6) is 5.75 Å². The van der Waals surface area contributed by atoms with Gasteiger partial charge in [-0.15, -0.1) is 0 Å². The average molecular weight is 270 g/mol. The summed E-state index contributed by atoms with van der Waals surface area (Å²) in [7, 11) is 1.63. The Balaban J connectivity index is 2.29. The summed E-state index contributed by atoms with van der Waals surface area (Å²) in [5.74, 6) is 1.35. The Morgan fingerprint density at radius 2 is 1.90 bits per heavy atom. The highest BCUT2D eigenvalue weighted by Gasteiger charge is 2.15. The van der Waals surface area contributed by atoms with Gasteiger partial charge in [0.1, 0.15) is 11.6 Å². The number of nitrogens with zero attached hydrogens (tertiary/aromatic N) is 3. The topological polar surface area (TPSA) is 72.3 Å². The van der Waals surface area contributed by atoms with Crippen LogP contribution in [0.25, 0.3) is 16.8 Å².